The number of rotatable bonds is 10. The van der Waals surface area contributed by atoms with Gasteiger partial charge in [0.25, 0.3) is 5.91 Å². The number of aryl methyl sites for hydroxylation is 1. The van der Waals surface area contributed by atoms with Gasteiger partial charge in [-0.25, -0.2) is 0 Å². The van der Waals surface area contributed by atoms with Crippen molar-refractivity contribution in [2.45, 2.75) is 38.0 Å². The Balaban J connectivity index is 1.26. The molecule has 1 aromatic heterocycles. The first-order chi connectivity index (χ1) is 18.5. The molecule has 0 saturated carbocycles. The van der Waals surface area contributed by atoms with Gasteiger partial charge in [0, 0.05) is 24.2 Å². The third-order valence-corrected chi connectivity index (χ3v) is 7.27. The van der Waals surface area contributed by atoms with E-state index in [-0.39, 0.29) is 18.4 Å². The van der Waals surface area contributed by atoms with Crippen LogP contribution in [-0.4, -0.2) is 37.7 Å². The van der Waals surface area contributed by atoms with Gasteiger partial charge in [0.05, 0.1) is 30.5 Å². The van der Waals surface area contributed by atoms with Crippen LogP contribution in [0.25, 0.3) is 0 Å². The molecular formula is C31H32N4O3. The smallest absolute Gasteiger partial charge is 0.264 e. The van der Waals surface area contributed by atoms with Crippen LogP contribution in [0, 0.1) is 5.92 Å². The fraction of sp³-hybridized carbons (Fsp3) is 0.258. The fourth-order valence-electron chi connectivity index (χ4n) is 5.11. The van der Waals surface area contributed by atoms with E-state index in [1.807, 2.05) is 110 Å². The molecule has 3 atom stereocenters. The lowest BCUT2D eigenvalue weighted by atomic mass is 9.83. The second kappa shape index (κ2) is 11.1. The summed E-state index contributed by atoms with van der Waals surface area (Å²) in [6.07, 6.45) is 6.39. The number of allylic oxidation sites excluding steroid dienone is 1. The number of amides is 1. The van der Waals surface area contributed by atoms with Crippen LogP contribution in [0.4, 0.5) is 5.69 Å². The molecule has 4 aromatic rings. The van der Waals surface area contributed by atoms with Gasteiger partial charge in [-0.1, -0.05) is 103 Å². The van der Waals surface area contributed by atoms with Gasteiger partial charge in [0.15, 0.2) is 5.60 Å². The van der Waals surface area contributed by atoms with Gasteiger partial charge in [0.1, 0.15) is 0 Å². The fourth-order valence-corrected chi connectivity index (χ4v) is 5.11. The molecule has 1 aliphatic heterocycles. The van der Waals surface area contributed by atoms with E-state index in [2.05, 4.69) is 10.3 Å². The summed E-state index contributed by atoms with van der Waals surface area (Å²) in [5, 5.41) is 30.1. The molecule has 0 aliphatic carbocycles. The highest BCUT2D eigenvalue weighted by molar-refractivity contribution is 6.07. The van der Waals surface area contributed by atoms with E-state index in [1.54, 1.807) is 9.58 Å². The molecular weight excluding hydrogens is 476 g/mol. The van der Waals surface area contributed by atoms with Crippen molar-refractivity contribution in [2.75, 3.05) is 11.5 Å². The molecule has 0 radical (unpaired) electrons. The van der Waals surface area contributed by atoms with E-state index in [9.17, 15) is 15.0 Å². The quantitative estimate of drug-likeness (QED) is 0.310. The van der Waals surface area contributed by atoms with E-state index in [0.717, 1.165) is 22.5 Å². The number of hydrogen-bond acceptors (Lipinski definition) is 5. The number of benzene rings is 3. The summed E-state index contributed by atoms with van der Waals surface area (Å²) in [5.74, 6) is -0.960. The Bertz CT molecular complexity index is 1400. The summed E-state index contributed by atoms with van der Waals surface area (Å²) >= 11 is 0. The zero-order valence-electron chi connectivity index (χ0n) is 21.4. The average Bonchev–Trinajstić information content (AvgIpc) is 3.50. The Hall–Kier alpha value is -4.07. The number of para-hydroxylation sites is 1. The predicted molar refractivity (Wildman–Crippen MR) is 146 cm³/mol. The first-order valence-electron chi connectivity index (χ1n) is 12.9. The van der Waals surface area contributed by atoms with Gasteiger partial charge in [-0.2, -0.15) is 0 Å². The molecule has 38 heavy (non-hydrogen) atoms. The molecule has 1 amide bonds. The average molecular weight is 509 g/mol. The minimum Gasteiger partial charge on any atom is -0.395 e. The summed E-state index contributed by atoms with van der Waals surface area (Å²) in [6, 6.07) is 27.0. The van der Waals surface area contributed by atoms with Crippen LogP contribution in [0.1, 0.15) is 41.6 Å². The number of hydrogen-bond donors (Lipinski definition) is 2. The summed E-state index contributed by atoms with van der Waals surface area (Å²) in [7, 11) is 0. The highest BCUT2D eigenvalue weighted by Gasteiger charge is 2.52. The van der Waals surface area contributed by atoms with E-state index in [1.165, 1.54) is 0 Å². The number of fused-ring (bicyclic) bond motifs is 1. The topological polar surface area (TPSA) is 91.5 Å². The number of carbonyl (C=O) groups is 1. The van der Waals surface area contributed by atoms with Crippen LogP contribution in [0.5, 0.6) is 0 Å². The third-order valence-electron chi connectivity index (χ3n) is 7.27. The summed E-state index contributed by atoms with van der Waals surface area (Å²) in [6.45, 7) is 2.82. The maximum absolute atomic E-state index is 13.6. The van der Waals surface area contributed by atoms with E-state index < -0.39 is 11.5 Å². The minimum atomic E-state index is -1.63. The lowest BCUT2D eigenvalue weighted by Gasteiger charge is -2.27. The van der Waals surface area contributed by atoms with Crippen LogP contribution in [0.15, 0.2) is 103 Å². The lowest BCUT2D eigenvalue weighted by molar-refractivity contribution is -0.139. The van der Waals surface area contributed by atoms with Gasteiger partial charge >= 0.3 is 0 Å². The number of carbonyl (C=O) groups excluding carboxylic acids is 1. The van der Waals surface area contributed by atoms with E-state index >= 15 is 0 Å². The second-order valence-corrected chi connectivity index (χ2v) is 9.72. The first kappa shape index (κ1) is 25.6. The summed E-state index contributed by atoms with van der Waals surface area (Å²) in [5.41, 5.74) is 2.47. The molecule has 2 heterocycles. The zero-order valence-corrected chi connectivity index (χ0v) is 21.4. The molecule has 194 valence electrons. The molecule has 0 fully saturated rings. The summed E-state index contributed by atoms with van der Waals surface area (Å²) < 4.78 is 1.75. The van der Waals surface area contributed by atoms with E-state index in [0.29, 0.717) is 25.1 Å². The number of aliphatic hydroxyl groups excluding tert-OH is 1. The Kier molecular flexibility index (Phi) is 7.49. The van der Waals surface area contributed by atoms with Crippen molar-refractivity contribution in [3.8, 4) is 0 Å². The molecule has 0 bridgehead atoms. The van der Waals surface area contributed by atoms with Crippen molar-refractivity contribution < 1.29 is 15.0 Å². The van der Waals surface area contributed by atoms with Crippen LogP contribution in [0.3, 0.4) is 0 Å². The van der Waals surface area contributed by atoms with Crippen LogP contribution >= 0.6 is 0 Å². The number of aliphatic hydroxyl groups is 2. The standard InChI is InChI=1S/C31H32N4O3/c1-23(12-10-11-19-34-21-28(32-33-34)26(22-36)25-15-6-3-7-16-25)31(38)27-17-8-9-18-29(27)35(30(31)37)20-24-13-4-2-5-14-24/h2-10,12-18,21,23,26,36,38H,11,19-20,22H2,1H3/b12-10+/t23-,26?,31+/m1/s1. The first-order valence-corrected chi connectivity index (χ1v) is 12.9. The van der Waals surface area contributed by atoms with Gasteiger partial charge in [-0.3, -0.25) is 9.48 Å². The number of aromatic nitrogens is 3. The zero-order chi connectivity index (χ0) is 26.5. The van der Waals surface area contributed by atoms with Gasteiger partial charge in [0.2, 0.25) is 0 Å². The molecule has 0 saturated heterocycles. The number of anilines is 1. The monoisotopic (exact) mass is 508 g/mol. The molecule has 1 aliphatic rings. The summed E-state index contributed by atoms with van der Waals surface area (Å²) in [4.78, 5) is 15.3. The van der Waals surface area contributed by atoms with Crippen molar-refractivity contribution in [2.24, 2.45) is 5.92 Å². The van der Waals surface area contributed by atoms with Crippen molar-refractivity contribution in [3.05, 3.63) is 126 Å². The Morgan fingerprint density at radius 1 is 0.974 bits per heavy atom. The minimum absolute atomic E-state index is 0.0461. The molecule has 7 heteroatoms. The van der Waals surface area contributed by atoms with Crippen molar-refractivity contribution in [1.29, 1.82) is 0 Å². The number of nitrogens with zero attached hydrogens (tertiary/aromatic N) is 4. The lowest BCUT2D eigenvalue weighted by Crippen LogP contribution is -2.44. The molecule has 5 rings (SSSR count). The van der Waals surface area contributed by atoms with Crippen molar-refractivity contribution in [1.82, 2.24) is 15.0 Å². The van der Waals surface area contributed by atoms with Crippen LogP contribution in [0.2, 0.25) is 0 Å². The Labute approximate surface area is 222 Å². The highest BCUT2D eigenvalue weighted by Crippen LogP contribution is 2.45. The van der Waals surface area contributed by atoms with Crippen molar-refractivity contribution in [3.63, 3.8) is 0 Å². The third kappa shape index (κ3) is 4.90. The molecule has 3 aromatic carbocycles. The Morgan fingerprint density at radius 2 is 1.66 bits per heavy atom. The predicted octanol–water partition coefficient (Wildman–Crippen LogP) is 4.42. The maximum Gasteiger partial charge on any atom is 0.264 e. The largest absolute Gasteiger partial charge is 0.395 e. The SMILES string of the molecule is C[C@H](/C=C/CCn1cc(C(CO)c2ccccc2)nn1)[C@@]1(O)C(=O)N(Cc2ccccc2)c2ccccc21. The molecule has 1 unspecified atom stereocenters. The van der Waals surface area contributed by atoms with Gasteiger partial charge in [-0.15, -0.1) is 5.10 Å². The van der Waals surface area contributed by atoms with Crippen LogP contribution in [-0.2, 0) is 23.5 Å². The normalized spacial score (nSPS) is 18.6. The Morgan fingerprint density at radius 3 is 2.39 bits per heavy atom. The van der Waals surface area contributed by atoms with Gasteiger partial charge in [-0.05, 0) is 23.6 Å². The van der Waals surface area contributed by atoms with Gasteiger partial charge < -0.3 is 15.1 Å². The molecule has 7 nitrogen and oxygen atoms in total. The molecule has 0 spiro atoms. The highest BCUT2D eigenvalue weighted by atomic mass is 16.3. The van der Waals surface area contributed by atoms with E-state index in [4.69, 9.17) is 0 Å². The molecule has 2 N–H and O–H groups in total. The van der Waals surface area contributed by atoms with Crippen LogP contribution < -0.4 is 4.90 Å². The van der Waals surface area contributed by atoms with Crippen molar-refractivity contribution >= 4 is 11.6 Å². The maximum atomic E-state index is 13.6. The second-order valence-electron chi connectivity index (χ2n) is 9.72.